The lowest BCUT2D eigenvalue weighted by Gasteiger charge is -2.08. The Balaban J connectivity index is 2.25. The third-order valence-electron chi connectivity index (χ3n) is 2.57. The summed E-state index contributed by atoms with van der Waals surface area (Å²) >= 11 is 0. The molecule has 0 bridgehead atoms. The van der Waals surface area contributed by atoms with E-state index in [0.717, 1.165) is 18.7 Å². The van der Waals surface area contributed by atoms with Crippen LogP contribution in [0.1, 0.15) is 26.0 Å². The second-order valence-electron chi connectivity index (χ2n) is 4.84. The van der Waals surface area contributed by atoms with Crippen molar-refractivity contribution in [1.29, 1.82) is 0 Å². The van der Waals surface area contributed by atoms with Crippen molar-refractivity contribution in [3.8, 4) is 5.75 Å². The second-order valence-corrected chi connectivity index (χ2v) is 4.84. The number of hydrogen-bond acceptors (Lipinski definition) is 4. The number of carbonyl (C=O) groups excluding carboxylic acids is 1. The van der Waals surface area contributed by atoms with Gasteiger partial charge in [0.1, 0.15) is 5.75 Å². The molecular weight excluding hydrogens is 242 g/mol. The maximum absolute atomic E-state index is 11.5. The number of hydrogen-bond donors (Lipinski definition) is 2. The van der Waals surface area contributed by atoms with Gasteiger partial charge in [-0.1, -0.05) is 13.8 Å². The zero-order valence-electron chi connectivity index (χ0n) is 11.9. The summed E-state index contributed by atoms with van der Waals surface area (Å²) in [6, 6.07) is 3.70. The van der Waals surface area contributed by atoms with E-state index >= 15 is 0 Å². The fourth-order valence-electron chi connectivity index (χ4n) is 1.48. The highest BCUT2D eigenvalue weighted by atomic mass is 16.5. The lowest BCUT2D eigenvalue weighted by molar-refractivity contribution is -0.123. The monoisotopic (exact) mass is 265 g/mol. The van der Waals surface area contributed by atoms with Crippen LogP contribution in [0.2, 0.25) is 0 Å². The van der Waals surface area contributed by atoms with Gasteiger partial charge in [-0.3, -0.25) is 9.78 Å². The first-order valence-corrected chi connectivity index (χ1v) is 6.61. The molecule has 0 unspecified atom stereocenters. The number of amides is 1. The van der Waals surface area contributed by atoms with Crippen LogP contribution in [0.5, 0.6) is 5.75 Å². The molecule has 0 saturated carbocycles. The van der Waals surface area contributed by atoms with Crippen LogP contribution in [0.25, 0.3) is 0 Å². The van der Waals surface area contributed by atoms with Crippen LogP contribution in [0.3, 0.4) is 0 Å². The average Bonchev–Trinajstić information content (AvgIpc) is 2.38. The van der Waals surface area contributed by atoms with Gasteiger partial charge in [0.05, 0.1) is 11.9 Å². The Labute approximate surface area is 114 Å². The van der Waals surface area contributed by atoms with E-state index in [1.165, 1.54) is 0 Å². The predicted molar refractivity (Wildman–Crippen MR) is 75.0 cm³/mol. The molecule has 106 valence electrons. The fourth-order valence-corrected chi connectivity index (χ4v) is 1.48. The molecule has 0 atom stereocenters. The van der Waals surface area contributed by atoms with Crippen LogP contribution in [0.15, 0.2) is 18.3 Å². The summed E-state index contributed by atoms with van der Waals surface area (Å²) in [5.41, 5.74) is 0.941. The number of carbonyl (C=O) groups is 1. The van der Waals surface area contributed by atoms with Gasteiger partial charge in [-0.25, -0.2) is 0 Å². The van der Waals surface area contributed by atoms with Crippen molar-refractivity contribution in [1.82, 2.24) is 15.6 Å². The minimum Gasteiger partial charge on any atom is -0.482 e. The lowest BCUT2D eigenvalue weighted by atomic mass is 10.1. The molecule has 0 aliphatic carbocycles. The van der Waals surface area contributed by atoms with Crippen molar-refractivity contribution in [3.05, 3.63) is 24.0 Å². The maximum atomic E-state index is 11.5. The normalized spacial score (nSPS) is 10.5. The maximum Gasteiger partial charge on any atom is 0.257 e. The van der Waals surface area contributed by atoms with Crippen LogP contribution in [0.4, 0.5) is 0 Å². The Hall–Kier alpha value is -1.62. The Morgan fingerprint density at radius 1 is 1.42 bits per heavy atom. The van der Waals surface area contributed by atoms with Crippen molar-refractivity contribution in [2.24, 2.45) is 5.92 Å². The van der Waals surface area contributed by atoms with E-state index in [9.17, 15) is 4.79 Å². The number of pyridine rings is 1. The first-order valence-electron chi connectivity index (χ1n) is 6.61. The van der Waals surface area contributed by atoms with Gasteiger partial charge in [0.25, 0.3) is 5.91 Å². The molecule has 1 amide bonds. The van der Waals surface area contributed by atoms with Crippen LogP contribution in [0, 0.1) is 5.92 Å². The van der Waals surface area contributed by atoms with Crippen molar-refractivity contribution in [2.75, 3.05) is 20.2 Å². The highest BCUT2D eigenvalue weighted by molar-refractivity contribution is 5.77. The molecule has 0 fully saturated rings. The quantitative estimate of drug-likeness (QED) is 0.744. The van der Waals surface area contributed by atoms with E-state index in [-0.39, 0.29) is 12.5 Å². The number of nitrogens with zero attached hydrogens (tertiary/aromatic N) is 1. The number of ether oxygens (including phenoxy) is 1. The number of aromatic nitrogens is 1. The minimum absolute atomic E-state index is 0.0329. The molecule has 1 aromatic heterocycles. The van der Waals surface area contributed by atoms with E-state index in [0.29, 0.717) is 18.2 Å². The van der Waals surface area contributed by atoms with E-state index < -0.39 is 0 Å². The standard InChI is InChI=1S/C14H23N3O2/c1-11(2)6-7-16-14(18)10-19-13-5-4-12(8-15-3)17-9-13/h4-5,9,11,15H,6-8,10H2,1-3H3,(H,16,18). The van der Waals surface area contributed by atoms with Gasteiger partial charge in [0.15, 0.2) is 6.61 Å². The van der Waals surface area contributed by atoms with E-state index in [2.05, 4.69) is 29.5 Å². The highest BCUT2D eigenvalue weighted by Crippen LogP contribution is 2.08. The first-order chi connectivity index (χ1) is 9.11. The molecule has 0 spiro atoms. The van der Waals surface area contributed by atoms with Crippen molar-refractivity contribution in [3.63, 3.8) is 0 Å². The molecule has 0 radical (unpaired) electrons. The molecule has 1 heterocycles. The molecule has 1 rings (SSSR count). The summed E-state index contributed by atoms with van der Waals surface area (Å²) in [4.78, 5) is 15.7. The molecule has 2 N–H and O–H groups in total. The topological polar surface area (TPSA) is 63.2 Å². The Bertz CT molecular complexity index is 377. The van der Waals surface area contributed by atoms with E-state index in [1.807, 2.05) is 19.2 Å². The average molecular weight is 265 g/mol. The number of nitrogens with one attached hydrogen (secondary N) is 2. The fraction of sp³-hybridized carbons (Fsp3) is 0.571. The van der Waals surface area contributed by atoms with Gasteiger partial charge >= 0.3 is 0 Å². The van der Waals surface area contributed by atoms with Gasteiger partial charge in [0, 0.05) is 13.1 Å². The highest BCUT2D eigenvalue weighted by Gasteiger charge is 2.03. The zero-order valence-corrected chi connectivity index (χ0v) is 11.9. The van der Waals surface area contributed by atoms with Gasteiger partial charge in [-0.05, 0) is 31.5 Å². The molecular formula is C14H23N3O2. The van der Waals surface area contributed by atoms with Crippen molar-refractivity contribution < 1.29 is 9.53 Å². The molecule has 0 saturated heterocycles. The lowest BCUT2D eigenvalue weighted by Crippen LogP contribution is -2.30. The third kappa shape index (κ3) is 6.76. The smallest absolute Gasteiger partial charge is 0.257 e. The minimum atomic E-state index is -0.0973. The third-order valence-corrected chi connectivity index (χ3v) is 2.57. The largest absolute Gasteiger partial charge is 0.482 e. The summed E-state index contributed by atoms with van der Waals surface area (Å²) < 4.78 is 5.36. The molecule has 1 aromatic rings. The number of rotatable bonds is 8. The van der Waals surface area contributed by atoms with Gasteiger partial charge in [-0.15, -0.1) is 0 Å². The van der Waals surface area contributed by atoms with Crippen LogP contribution >= 0.6 is 0 Å². The summed E-state index contributed by atoms with van der Waals surface area (Å²) in [7, 11) is 1.87. The van der Waals surface area contributed by atoms with Gasteiger partial charge < -0.3 is 15.4 Å². The Kier molecular flexibility index (Phi) is 6.89. The van der Waals surface area contributed by atoms with Gasteiger partial charge in [-0.2, -0.15) is 0 Å². The van der Waals surface area contributed by atoms with Crippen LogP contribution in [-0.4, -0.2) is 31.1 Å². The molecule has 5 nitrogen and oxygen atoms in total. The summed E-state index contributed by atoms with van der Waals surface area (Å²) in [5.74, 6) is 1.10. The molecule has 0 aliphatic heterocycles. The van der Waals surface area contributed by atoms with E-state index in [1.54, 1.807) is 6.20 Å². The van der Waals surface area contributed by atoms with Crippen molar-refractivity contribution >= 4 is 5.91 Å². The predicted octanol–water partition coefficient (Wildman–Crippen LogP) is 1.34. The van der Waals surface area contributed by atoms with Gasteiger partial charge in [0.2, 0.25) is 0 Å². The van der Waals surface area contributed by atoms with Crippen molar-refractivity contribution in [2.45, 2.75) is 26.8 Å². The summed E-state index contributed by atoms with van der Waals surface area (Å²) in [6.45, 7) is 5.70. The van der Waals surface area contributed by atoms with Crippen LogP contribution < -0.4 is 15.4 Å². The molecule has 0 aromatic carbocycles. The molecule has 19 heavy (non-hydrogen) atoms. The van der Waals surface area contributed by atoms with Crippen LogP contribution in [-0.2, 0) is 11.3 Å². The summed E-state index contributed by atoms with van der Waals surface area (Å²) in [5, 5.41) is 5.84. The first kappa shape index (κ1) is 15.4. The summed E-state index contributed by atoms with van der Waals surface area (Å²) in [6.07, 6.45) is 2.61. The SMILES string of the molecule is CNCc1ccc(OCC(=O)NCCC(C)C)cn1. The Morgan fingerprint density at radius 2 is 2.21 bits per heavy atom. The zero-order chi connectivity index (χ0) is 14.1. The Morgan fingerprint density at radius 3 is 2.79 bits per heavy atom. The molecule has 0 aliphatic rings. The second kappa shape index (κ2) is 8.48. The van der Waals surface area contributed by atoms with E-state index in [4.69, 9.17) is 4.74 Å². The molecule has 5 heteroatoms.